The molecule has 0 aliphatic carbocycles. The molecule has 0 spiro atoms. The first-order chi connectivity index (χ1) is 10.3. The summed E-state index contributed by atoms with van der Waals surface area (Å²) in [5.41, 5.74) is 1.84. The van der Waals surface area contributed by atoms with E-state index < -0.39 is 6.09 Å². The highest BCUT2D eigenvalue weighted by atomic mass is 16.6. The van der Waals surface area contributed by atoms with Gasteiger partial charge in [0.15, 0.2) is 0 Å². The quantitative estimate of drug-likeness (QED) is 0.813. The number of imide groups is 1. The number of benzene rings is 2. The summed E-state index contributed by atoms with van der Waals surface area (Å²) >= 11 is 0. The van der Waals surface area contributed by atoms with E-state index in [1.807, 2.05) is 60.7 Å². The lowest BCUT2D eigenvalue weighted by Gasteiger charge is -2.35. The van der Waals surface area contributed by atoms with E-state index in [9.17, 15) is 9.59 Å². The maximum Gasteiger partial charge on any atom is 0.416 e. The Morgan fingerprint density at radius 2 is 1.67 bits per heavy atom. The van der Waals surface area contributed by atoms with Crippen LogP contribution in [0.4, 0.5) is 4.79 Å². The average molecular weight is 281 g/mol. The number of β-lactam (4-membered cyclic amide) rings is 1. The Kier molecular flexibility index (Phi) is 3.69. The average Bonchev–Trinajstić information content (AvgIpc) is 2.53. The van der Waals surface area contributed by atoms with Crippen LogP contribution in [-0.4, -0.2) is 23.4 Å². The van der Waals surface area contributed by atoms with Crippen LogP contribution < -0.4 is 0 Å². The van der Waals surface area contributed by atoms with Crippen LogP contribution in [0, 0.1) is 0 Å². The van der Waals surface area contributed by atoms with Gasteiger partial charge in [-0.25, -0.2) is 9.69 Å². The molecule has 3 rings (SSSR count). The van der Waals surface area contributed by atoms with Gasteiger partial charge in [-0.3, -0.25) is 4.79 Å². The maximum atomic E-state index is 12.0. The number of hydrogen-bond donors (Lipinski definition) is 0. The Balaban J connectivity index is 1.55. The van der Waals surface area contributed by atoms with Crippen molar-refractivity contribution in [3.63, 3.8) is 0 Å². The van der Waals surface area contributed by atoms with E-state index in [1.165, 1.54) is 0 Å². The summed E-state index contributed by atoms with van der Waals surface area (Å²) in [5.74, 6) is -0.422. The van der Waals surface area contributed by atoms with Crippen molar-refractivity contribution in [1.29, 1.82) is 0 Å². The predicted molar refractivity (Wildman–Crippen MR) is 77.5 cm³/mol. The lowest BCUT2D eigenvalue weighted by molar-refractivity contribution is -0.140. The Labute approximate surface area is 123 Å². The number of rotatable bonds is 3. The third kappa shape index (κ3) is 2.79. The molecule has 0 bridgehead atoms. The van der Waals surface area contributed by atoms with E-state index in [0.29, 0.717) is 6.54 Å². The number of carbonyl (C=O) groups is 2. The van der Waals surface area contributed by atoms with Gasteiger partial charge >= 0.3 is 6.09 Å². The standard InChI is InChI=1S/C17H15NO3/c19-16-15(14-9-5-2-6-10-14)11-18(16)17(20)21-12-13-7-3-1-4-8-13/h1-10,15H,11-12H2. The predicted octanol–water partition coefficient (Wildman–Crippen LogP) is 2.95. The number of likely N-dealkylation sites (tertiary alicyclic amines) is 1. The fourth-order valence-corrected chi connectivity index (χ4v) is 2.32. The normalized spacial score (nSPS) is 17.2. The molecule has 4 heteroatoms. The van der Waals surface area contributed by atoms with Crippen molar-refractivity contribution in [2.24, 2.45) is 0 Å². The smallest absolute Gasteiger partial charge is 0.416 e. The molecule has 0 N–H and O–H groups in total. The van der Waals surface area contributed by atoms with Crippen molar-refractivity contribution >= 4 is 12.0 Å². The number of carbonyl (C=O) groups excluding carboxylic acids is 2. The third-order valence-corrected chi connectivity index (χ3v) is 3.56. The summed E-state index contributed by atoms with van der Waals surface area (Å²) in [6.45, 7) is 0.565. The Hall–Kier alpha value is -2.62. The lowest BCUT2D eigenvalue weighted by atomic mass is 9.91. The van der Waals surface area contributed by atoms with E-state index in [0.717, 1.165) is 16.0 Å². The zero-order valence-electron chi connectivity index (χ0n) is 11.4. The third-order valence-electron chi connectivity index (χ3n) is 3.56. The molecule has 1 aliphatic rings. The molecule has 1 heterocycles. The van der Waals surface area contributed by atoms with Gasteiger partial charge in [0.25, 0.3) is 0 Å². The van der Waals surface area contributed by atoms with Gasteiger partial charge in [0, 0.05) is 6.54 Å². The van der Waals surface area contributed by atoms with E-state index >= 15 is 0 Å². The molecule has 0 radical (unpaired) electrons. The molecule has 4 nitrogen and oxygen atoms in total. The molecule has 2 amide bonds. The molecule has 1 unspecified atom stereocenters. The van der Waals surface area contributed by atoms with E-state index in [1.54, 1.807) is 0 Å². The van der Waals surface area contributed by atoms with Crippen molar-refractivity contribution in [3.8, 4) is 0 Å². The second-order valence-corrected chi connectivity index (χ2v) is 4.95. The lowest BCUT2D eigenvalue weighted by Crippen LogP contribution is -2.53. The van der Waals surface area contributed by atoms with Crippen LogP contribution in [0.1, 0.15) is 17.0 Å². The summed E-state index contributed by atoms with van der Waals surface area (Å²) < 4.78 is 5.15. The molecule has 1 aliphatic heterocycles. The van der Waals surface area contributed by atoms with Crippen LogP contribution in [0.25, 0.3) is 0 Å². The summed E-state index contributed by atoms with van der Waals surface area (Å²) in [4.78, 5) is 25.1. The summed E-state index contributed by atoms with van der Waals surface area (Å²) in [6.07, 6.45) is -0.573. The van der Waals surface area contributed by atoms with E-state index in [4.69, 9.17) is 4.74 Å². The Bertz CT molecular complexity index is 640. The van der Waals surface area contributed by atoms with Crippen LogP contribution in [0.3, 0.4) is 0 Å². The topological polar surface area (TPSA) is 46.6 Å². The molecule has 1 saturated heterocycles. The number of amides is 2. The fourth-order valence-electron chi connectivity index (χ4n) is 2.32. The van der Waals surface area contributed by atoms with Gasteiger partial charge in [-0.1, -0.05) is 60.7 Å². The van der Waals surface area contributed by atoms with Gasteiger partial charge in [0.1, 0.15) is 6.61 Å². The van der Waals surface area contributed by atoms with Crippen LogP contribution in [-0.2, 0) is 16.1 Å². The summed E-state index contributed by atoms with van der Waals surface area (Å²) in [7, 11) is 0. The van der Waals surface area contributed by atoms with Crippen LogP contribution in [0.2, 0.25) is 0 Å². The van der Waals surface area contributed by atoms with Crippen molar-refractivity contribution < 1.29 is 14.3 Å². The molecule has 1 atom stereocenters. The monoisotopic (exact) mass is 281 g/mol. The molecular formula is C17H15NO3. The van der Waals surface area contributed by atoms with Gasteiger partial charge in [-0.2, -0.15) is 0 Å². The van der Waals surface area contributed by atoms with Gasteiger partial charge in [-0.05, 0) is 11.1 Å². The first kappa shape index (κ1) is 13.4. The van der Waals surface area contributed by atoms with Gasteiger partial charge in [0.05, 0.1) is 5.92 Å². The maximum absolute atomic E-state index is 12.0. The minimum Gasteiger partial charge on any atom is -0.444 e. The van der Waals surface area contributed by atoms with Crippen molar-refractivity contribution in [2.45, 2.75) is 12.5 Å². The van der Waals surface area contributed by atoms with Gasteiger partial charge < -0.3 is 4.74 Å². The van der Waals surface area contributed by atoms with E-state index in [2.05, 4.69) is 0 Å². The van der Waals surface area contributed by atoms with Crippen molar-refractivity contribution in [3.05, 3.63) is 71.8 Å². The minimum atomic E-state index is -0.573. The molecule has 2 aromatic carbocycles. The molecule has 0 aromatic heterocycles. The minimum absolute atomic E-state index is 0.180. The second kappa shape index (κ2) is 5.79. The second-order valence-electron chi connectivity index (χ2n) is 4.95. The Morgan fingerprint density at radius 1 is 1.05 bits per heavy atom. The summed E-state index contributed by atoms with van der Waals surface area (Å²) in [6, 6.07) is 18.9. The SMILES string of the molecule is O=C(OCc1ccccc1)N1CC(c2ccccc2)C1=O. The molecule has 1 fully saturated rings. The number of hydrogen-bond acceptors (Lipinski definition) is 3. The van der Waals surface area contributed by atoms with Crippen LogP contribution in [0.15, 0.2) is 60.7 Å². The van der Waals surface area contributed by atoms with Gasteiger partial charge in [-0.15, -0.1) is 0 Å². The zero-order chi connectivity index (χ0) is 14.7. The largest absolute Gasteiger partial charge is 0.444 e. The highest BCUT2D eigenvalue weighted by Crippen LogP contribution is 2.29. The highest BCUT2D eigenvalue weighted by Gasteiger charge is 2.42. The number of nitrogens with zero attached hydrogens (tertiary/aromatic N) is 1. The Morgan fingerprint density at radius 3 is 2.29 bits per heavy atom. The van der Waals surface area contributed by atoms with Crippen LogP contribution in [0.5, 0.6) is 0 Å². The molecule has 2 aromatic rings. The molecular weight excluding hydrogens is 266 g/mol. The van der Waals surface area contributed by atoms with Crippen LogP contribution >= 0.6 is 0 Å². The first-order valence-corrected chi connectivity index (χ1v) is 6.83. The first-order valence-electron chi connectivity index (χ1n) is 6.83. The zero-order valence-corrected chi connectivity index (χ0v) is 11.4. The van der Waals surface area contributed by atoms with Crippen molar-refractivity contribution in [2.75, 3.05) is 6.54 Å². The molecule has 0 saturated carbocycles. The number of ether oxygens (including phenoxy) is 1. The van der Waals surface area contributed by atoms with Crippen molar-refractivity contribution in [1.82, 2.24) is 4.90 Å². The van der Waals surface area contributed by atoms with E-state index in [-0.39, 0.29) is 18.4 Å². The summed E-state index contributed by atoms with van der Waals surface area (Å²) in [5, 5.41) is 0. The highest BCUT2D eigenvalue weighted by molar-refractivity contribution is 6.01. The molecule has 106 valence electrons. The van der Waals surface area contributed by atoms with Gasteiger partial charge in [0.2, 0.25) is 5.91 Å². The molecule has 21 heavy (non-hydrogen) atoms. The fraction of sp³-hybridized carbons (Fsp3) is 0.176.